The minimum atomic E-state index is -1.66. The van der Waals surface area contributed by atoms with E-state index in [1.807, 2.05) is 0 Å². The largest absolute Gasteiger partial charge is 0.486 e. The summed E-state index contributed by atoms with van der Waals surface area (Å²) >= 11 is 6.04. The zero-order valence-corrected chi connectivity index (χ0v) is 19.3. The third kappa shape index (κ3) is 5.99. The van der Waals surface area contributed by atoms with Crippen molar-refractivity contribution in [2.24, 2.45) is 0 Å². The number of methoxy groups -OCH3 is 1. The van der Waals surface area contributed by atoms with Gasteiger partial charge in [0.05, 0.1) is 5.76 Å². The van der Waals surface area contributed by atoms with Crippen LogP contribution in [0.4, 0.5) is 0 Å². The molecular weight excluding hydrogens is 444 g/mol. The number of hydrogen-bond acceptors (Lipinski definition) is 9. The zero-order chi connectivity index (χ0) is 24.1. The molecule has 2 rings (SSSR count). The monoisotopic (exact) mass is 470 g/mol. The molecule has 1 aliphatic heterocycles. The van der Waals surface area contributed by atoms with E-state index in [0.29, 0.717) is 10.6 Å². The van der Waals surface area contributed by atoms with Crippen molar-refractivity contribution in [3.8, 4) is 0 Å². The van der Waals surface area contributed by atoms with Gasteiger partial charge in [0, 0.05) is 38.5 Å². The standard InChI is InChI=1S/C22H27ClO9/c1-12(2)29-21-20(31-15(5)26)19(30-14(4)25)18(11-28-13(3)24)32-22(21,27-6)16-7-9-17(23)10-8-16/h7-10,18-21H,1,11H2,2-6H3/t18-,19-,20+,21-,22+/m1/s1. The second kappa shape index (κ2) is 10.8. The predicted molar refractivity (Wildman–Crippen MR) is 112 cm³/mol. The van der Waals surface area contributed by atoms with Gasteiger partial charge in [0.2, 0.25) is 5.79 Å². The molecule has 0 N–H and O–H groups in total. The maximum Gasteiger partial charge on any atom is 0.303 e. The van der Waals surface area contributed by atoms with Gasteiger partial charge in [-0.2, -0.15) is 0 Å². The van der Waals surface area contributed by atoms with Crippen LogP contribution in [0.3, 0.4) is 0 Å². The highest BCUT2D eigenvalue weighted by Gasteiger charge is 2.61. The van der Waals surface area contributed by atoms with Gasteiger partial charge in [-0.05, 0) is 19.1 Å². The molecule has 0 aliphatic carbocycles. The molecule has 176 valence electrons. The van der Waals surface area contributed by atoms with Crippen molar-refractivity contribution in [1.82, 2.24) is 0 Å². The summed E-state index contributed by atoms with van der Waals surface area (Å²) in [5.41, 5.74) is 0.474. The Labute approximate surface area is 191 Å². The first kappa shape index (κ1) is 25.6. The average molecular weight is 471 g/mol. The van der Waals surface area contributed by atoms with E-state index >= 15 is 0 Å². The van der Waals surface area contributed by atoms with Crippen LogP contribution < -0.4 is 0 Å². The van der Waals surface area contributed by atoms with E-state index in [-0.39, 0.29) is 12.4 Å². The molecule has 10 heteroatoms. The van der Waals surface area contributed by atoms with Crippen molar-refractivity contribution >= 4 is 29.5 Å². The first-order valence-electron chi connectivity index (χ1n) is 9.79. The molecule has 5 atom stereocenters. The van der Waals surface area contributed by atoms with Crippen LogP contribution in [0.15, 0.2) is 36.6 Å². The van der Waals surface area contributed by atoms with Crippen LogP contribution >= 0.6 is 11.6 Å². The number of allylic oxidation sites excluding steroid dienone is 1. The maximum absolute atomic E-state index is 12.0. The lowest BCUT2D eigenvalue weighted by Crippen LogP contribution is -2.66. The minimum Gasteiger partial charge on any atom is -0.486 e. The zero-order valence-electron chi connectivity index (χ0n) is 18.6. The average Bonchev–Trinajstić information content (AvgIpc) is 2.69. The molecule has 1 saturated heterocycles. The van der Waals surface area contributed by atoms with Crippen molar-refractivity contribution < 1.29 is 42.8 Å². The maximum atomic E-state index is 12.0. The van der Waals surface area contributed by atoms with Gasteiger partial charge in [-0.3, -0.25) is 14.4 Å². The number of esters is 3. The molecular formula is C22H27ClO9. The van der Waals surface area contributed by atoms with Crippen LogP contribution in [0, 0.1) is 0 Å². The summed E-state index contributed by atoms with van der Waals surface area (Å²) in [6.45, 7) is 8.68. The van der Waals surface area contributed by atoms with E-state index in [0.717, 1.165) is 0 Å². The molecule has 0 radical (unpaired) electrons. The van der Waals surface area contributed by atoms with Gasteiger partial charge < -0.3 is 28.4 Å². The first-order chi connectivity index (χ1) is 15.0. The number of rotatable bonds is 8. The number of carbonyl (C=O) groups is 3. The Morgan fingerprint density at radius 2 is 1.53 bits per heavy atom. The summed E-state index contributed by atoms with van der Waals surface area (Å²) in [6.07, 6.45) is -4.57. The molecule has 1 aromatic rings. The van der Waals surface area contributed by atoms with Crippen molar-refractivity contribution in [2.45, 2.75) is 57.9 Å². The van der Waals surface area contributed by atoms with Crippen molar-refractivity contribution in [2.75, 3.05) is 13.7 Å². The molecule has 32 heavy (non-hydrogen) atoms. The SMILES string of the molecule is C=C(C)O[C@@H]1[C@@H](OC(C)=O)[C@H](OC(C)=O)[C@@H](COC(C)=O)O[C@@]1(OC)c1ccc(Cl)cc1. The third-order valence-electron chi connectivity index (χ3n) is 4.62. The number of carbonyl (C=O) groups excluding carboxylic acids is 3. The Morgan fingerprint density at radius 3 is 2.00 bits per heavy atom. The van der Waals surface area contributed by atoms with E-state index in [2.05, 4.69) is 6.58 Å². The summed E-state index contributed by atoms with van der Waals surface area (Å²) < 4.78 is 34.1. The summed E-state index contributed by atoms with van der Waals surface area (Å²) in [7, 11) is 1.38. The Kier molecular flexibility index (Phi) is 8.65. The number of hydrogen-bond donors (Lipinski definition) is 0. The molecule has 0 unspecified atom stereocenters. The lowest BCUT2D eigenvalue weighted by atomic mass is 9.87. The van der Waals surface area contributed by atoms with Crippen LogP contribution in [-0.4, -0.2) is 56.0 Å². The van der Waals surface area contributed by atoms with Crippen molar-refractivity contribution in [3.05, 3.63) is 47.2 Å². The van der Waals surface area contributed by atoms with Gasteiger partial charge in [-0.1, -0.05) is 30.3 Å². The molecule has 1 heterocycles. The Bertz CT molecular complexity index is 853. The van der Waals surface area contributed by atoms with E-state index in [4.69, 9.17) is 40.0 Å². The minimum absolute atomic E-state index is 0.270. The highest BCUT2D eigenvalue weighted by Crippen LogP contribution is 2.44. The van der Waals surface area contributed by atoms with Gasteiger partial charge in [0.1, 0.15) is 12.7 Å². The Balaban J connectivity index is 2.68. The molecule has 1 aliphatic rings. The summed E-state index contributed by atoms with van der Waals surface area (Å²) in [4.78, 5) is 35.3. The second-order valence-corrected chi connectivity index (χ2v) is 7.66. The van der Waals surface area contributed by atoms with Gasteiger partial charge >= 0.3 is 17.9 Å². The smallest absolute Gasteiger partial charge is 0.303 e. The third-order valence-corrected chi connectivity index (χ3v) is 4.87. The Hall–Kier alpha value is -2.62. The molecule has 0 spiro atoms. The summed E-state index contributed by atoms with van der Waals surface area (Å²) in [6, 6.07) is 6.55. The van der Waals surface area contributed by atoms with Crippen molar-refractivity contribution in [3.63, 3.8) is 0 Å². The fourth-order valence-corrected chi connectivity index (χ4v) is 3.63. The summed E-state index contributed by atoms with van der Waals surface area (Å²) in [5, 5.41) is 0.471. The molecule has 9 nitrogen and oxygen atoms in total. The first-order valence-corrected chi connectivity index (χ1v) is 10.2. The van der Waals surface area contributed by atoms with Gasteiger partial charge in [0.15, 0.2) is 18.3 Å². The van der Waals surface area contributed by atoms with Crippen LogP contribution in [0.25, 0.3) is 0 Å². The highest BCUT2D eigenvalue weighted by atomic mass is 35.5. The summed E-state index contributed by atoms with van der Waals surface area (Å²) in [5.74, 6) is -3.28. The number of benzene rings is 1. The molecule has 1 aromatic carbocycles. The number of halogens is 1. The van der Waals surface area contributed by atoms with E-state index < -0.39 is 48.1 Å². The molecule has 0 aromatic heterocycles. The Morgan fingerprint density at radius 1 is 0.969 bits per heavy atom. The molecule has 0 saturated carbocycles. The van der Waals surface area contributed by atoms with Crippen LogP contribution in [0.5, 0.6) is 0 Å². The lowest BCUT2D eigenvalue weighted by molar-refractivity contribution is -0.369. The van der Waals surface area contributed by atoms with Crippen LogP contribution in [0.1, 0.15) is 33.3 Å². The normalized spacial score (nSPS) is 27.2. The van der Waals surface area contributed by atoms with Crippen LogP contribution in [-0.2, 0) is 48.6 Å². The van der Waals surface area contributed by atoms with E-state index in [1.54, 1.807) is 31.2 Å². The van der Waals surface area contributed by atoms with Crippen molar-refractivity contribution in [1.29, 1.82) is 0 Å². The molecule has 0 amide bonds. The van der Waals surface area contributed by atoms with E-state index in [1.165, 1.54) is 27.9 Å². The van der Waals surface area contributed by atoms with Gasteiger partial charge in [-0.25, -0.2) is 0 Å². The van der Waals surface area contributed by atoms with Gasteiger partial charge in [-0.15, -0.1) is 0 Å². The highest BCUT2D eigenvalue weighted by molar-refractivity contribution is 6.30. The quantitative estimate of drug-likeness (QED) is 0.322. The van der Waals surface area contributed by atoms with Gasteiger partial charge in [0.25, 0.3) is 0 Å². The number of ether oxygens (including phenoxy) is 6. The predicted octanol–water partition coefficient (Wildman–Crippen LogP) is 2.88. The fraction of sp³-hybridized carbons (Fsp3) is 0.500. The van der Waals surface area contributed by atoms with E-state index in [9.17, 15) is 14.4 Å². The second-order valence-electron chi connectivity index (χ2n) is 7.23. The lowest BCUT2D eigenvalue weighted by Gasteiger charge is -2.50. The molecule has 0 bridgehead atoms. The topological polar surface area (TPSA) is 107 Å². The molecule has 1 fully saturated rings. The fourth-order valence-electron chi connectivity index (χ4n) is 3.50. The van der Waals surface area contributed by atoms with Crippen LogP contribution in [0.2, 0.25) is 5.02 Å².